The van der Waals surface area contributed by atoms with Crippen molar-refractivity contribution in [3.63, 3.8) is 0 Å². The fourth-order valence-corrected chi connectivity index (χ4v) is 9.95. The number of aromatic nitrogens is 5. The average molecular weight is 904 g/mol. The zero-order valence-electron chi connectivity index (χ0n) is 39.3. The van der Waals surface area contributed by atoms with E-state index in [1.165, 1.54) is 27.1 Å². The Labute approximate surface area is 386 Å². The molecule has 0 unspecified atom stereocenters. The topological polar surface area (TPSA) is 194 Å². The Hall–Kier alpha value is -6.39. The minimum Gasteiger partial charge on any atom is -0.453 e. The maximum absolute atomic E-state index is 14.1. The number of ether oxygens (including phenoxy) is 2. The Bertz CT molecular complexity index is 2510. The van der Waals surface area contributed by atoms with E-state index in [1.54, 1.807) is 4.90 Å². The van der Waals surface area contributed by atoms with E-state index in [4.69, 9.17) is 24.4 Å². The molecule has 17 heteroatoms. The highest BCUT2D eigenvalue weighted by atomic mass is 16.5. The lowest BCUT2D eigenvalue weighted by molar-refractivity contribution is -0.135. The van der Waals surface area contributed by atoms with Crippen molar-refractivity contribution >= 4 is 63.5 Å². The number of carbonyl (C=O) groups is 4. The molecule has 3 aliphatic heterocycles. The zero-order chi connectivity index (χ0) is 46.6. The number of nitrogens with zero attached hydrogens (tertiary/aromatic N) is 7. The first kappa shape index (κ1) is 46.2. The van der Waals surface area contributed by atoms with E-state index in [-0.39, 0.29) is 41.8 Å². The molecule has 2 aromatic carbocycles. The molecule has 0 saturated carbocycles. The molecular weight excluding hydrogens is 839 g/mol. The molecule has 5 aromatic rings. The molecule has 6 heterocycles. The summed E-state index contributed by atoms with van der Waals surface area (Å²) in [6.07, 6.45) is 8.06. The Balaban J connectivity index is 1.10. The first-order valence-corrected chi connectivity index (χ1v) is 23.7. The SMILES string of the molecule is CCCCN(C(=O)[C@@H](NC(=O)OC)C(C)C)c1nc2ccc([C@H]3CC[C@H](c4ccc5nc([C@@H]6CCCN6C(=O)[C@@H](NC(=O)OC)C(C)C)[nH]c5c4)N3c3ccc(N4CCCC4)nc3)cc2[nH]1. The Morgan fingerprint density at radius 3 is 1.97 bits per heavy atom. The van der Waals surface area contributed by atoms with Crippen LogP contribution in [0.15, 0.2) is 54.7 Å². The van der Waals surface area contributed by atoms with E-state index in [0.29, 0.717) is 19.0 Å². The second-order valence-corrected chi connectivity index (χ2v) is 18.6. The maximum atomic E-state index is 14.1. The minimum absolute atomic E-state index is 0.00317. The van der Waals surface area contributed by atoms with Crippen LogP contribution < -0.4 is 25.3 Å². The van der Waals surface area contributed by atoms with E-state index in [2.05, 4.69) is 79.8 Å². The summed E-state index contributed by atoms with van der Waals surface area (Å²) >= 11 is 0. The average Bonchev–Trinajstić information content (AvgIpc) is 4.18. The van der Waals surface area contributed by atoms with Gasteiger partial charge in [-0.2, -0.15) is 0 Å². The number of amides is 4. The van der Waals surface area contributed by atoms with Crippen LogP contribution in [0.3, 0.4) is 0 Å². The lowest BCUT2D eigenvalue weighted by Crippen LogP contribution is -2.52. The first-order valence-electron chi connectivity index (χ1n) is 23.7. The van der Waals surface area contributed by atoms with Crippen molar-refractivity contribution in [1.29, 1.82) is 0 Å². The van der Waals surface area contributed by atoms with Crippen LogP contribution in [0, 0.1) is 11.8 Å². The van der Waals surface area contributed by atoms with Crippen molar-refractivity contribution in [2.75, 3.05) is 55.1 Å². The number of aromatic amines is 2. The summed E-state index contributed by atoms with van der Waals surface area (Å²) < 4.78 is 9.69. The van der Waals surface area contributed by atoms with Crippen LogP contribution in [-0.4, -0.2) is 106 Å². The number of fused-ring (bicyclic) bond motifs is 2. The molecule has 66 heavy (non-hydrogen) atoms. The number of methoxy groups -OCH3 is 2. The number of rotatable bonds is 15. The molecule has 3 aromatic heterocycles. The largest absolute Gasteiger partial charge is 0.453 e. The highest BCUT2D eigenvalue weighted by Crippen LogP contribution is 2.48. The molecule has 17 nitrogen and oxygen atoms in total. The van der Waals surface area contributed by atoms with Gasteiger partial charge in [-0.1, -0.05) is 53.2 Å². The quantitative estimate of drug-likeness (QED) is 0.0794. The van der Waals surface area contributed by atoms with Gasteiger partial charge in [0, 0.05) is 26.2 Å². The third-order valence-corrected chi connectivity index (χ3v) is 13.5. The molecule has 352 valence electrons. The molecule has 3 saturated heterocycles. The second-order valence-electron chi connectivity index (χ2n) is 18.6. The van der Waals surface area contributed by atoms with Crippen LogP contribution in [0.2, 0.25) is 0 Å². The number of hydrogen-bond acceptors (Lipinski definition) is 11. The molecule has 3 fully saturated rings. The van der Waals surface area contributed by atoms with Crippen LogP contribution in [0.1, 0.15) is 121 Å². The summed E-state index contributed by atoms with van der Waals surface area (Å²) in [5.74, 6) is 1.47. The van der Waals surface area contributed by atoms with Gasteiger partial charge in [-0.3, -0.25) is 14.5 Å². The number of carbonyl (C=O) groups excluding carboxylic acids is 4. The van der Waals surface area contributed by atoms with Crippen LogP contribution >= 0.6 is 0 Å². The fraction of sp³-hybridized carbons (Fsp3) is 0.531. The smallest absolute Gasteiger partial charge is 0.407 e. The first-order chi connectivity index (χ1) is 31.9. The van der Waals surface area contributed by atoms with Gasteiger partial charge >= 0.3 is 12.2 Å². The van der Waals surface area contributed by atoms with Gasteiger partial charge in [0.15, 0.2) is 0 Å². The Kier molecular flexibility index (Phi) is 14.0. The van der Waals surface area contributed by atoms with Gasteiger partial charge in [0.25, 0.3) is 5.91 Å². The molecule has 5 atom stereocenters. The van der Waals surface area contributed by atoms with Gasteiger partial charge in [-0.05, 0) is 104 Å². The summed E-state index contributed by atoms with van der Waals surface area (Å²) in [7, 11) is 2.59. The molecule has 4 N–H and O–H groups in total. The van der Waals surface area contributed by atoms with Crippen LogP contribution in [0.4, 0.5) is 27.0 Å². The molecule has 0 spiro atoms. The number of imidazole rings is 2. The highest BCUT2D eigenvalue weighted by Gasteiger charge is 2.39. The Morgan fingerprint density at radius 2 is 1.38 bits per heavy atom. The third kappa shape index (κ3) is 9.47. The number of benzene rings is 2. The monoisotopic (exact) mass is 904 g/mol. The van der Waals surface area contributed by atoms with Crippen LogP contribution in [-0.2, 0) is 19.1 Å². The van der Waals surface area contributed by atoms with Crippen molar-refractivity contribution in [2.24, 2.45) is 11.8 Å². The summed E-state index contributed by atoms with van der Waals surface area (Å²) in [6, 6.07) is 15.3. The van der Waals surface area contributed by atoms with Gasteiger partial charge in [0.1, 0.15) is 23.7 Å². The second kappa shape index (κ2) is 20.0. The van der Waals surface area contributed by atoms with Gasteiger partial charge in [-0.15, -0.1) is 0 Å². The summed E-state index contributed by atoms with van der Waals surface area (Å²) in [5.41, 5.74) is 6.56. The lowest BCUT2D eigenvalue weighted by Gasteiger charge is -2.33. The zero-order valence-corrected chi connectivity index (χ0v) is 39.3. The van der Waals surface area contributed by atoms with Crippen molar-refractivity contribution < 1.29 is 28.7 Å². The summed E-state index contributed by atoms with van der Waals surface area (Å²) in [4.78, 5) is 82.8. The standard InChI is InChI=1S/C49H65N11O6/c1-8-9-24-59(46(62)43(30(4)5)56-49(64)66-7)47-53-35-18-15-32(27-37(35)54-47)39-20-19-38(60(39)33-16-21-41(50-28-33)57-22-10-11-23-57)31-14-17-34-36(26-31)52-44(51-34)40-13-12-25-58(40)45(61)42(29(2)3)55-48(63)65-6/h14-18,21,26-30,38-40,42-43H,8-13,19-20,22-25H2,1-7H3,(H,51,52)(H,53,54)(H,55,63)(H,56,64)/t38-,39-,40+,42+,43+/m1/s1. The van der Waals surface area contributed by atoms with E-state index in [1.807, 2.05) is 44.9 Å². The highest BCUT2D eigenvalue weighted by molar-refractivity contribution is 5.98. The maximum Gasteiger partial charge on any atom is 0.407 e. The Morgan fingerprint density at radius 1 is 0.758 bits per heavy atom. The number of anilines is 3. The molecular formula is C49H65N11O6. The number of likely N-dealkylation sites (tertiary alicyclic amines) is 1. The van der Waals surface area contributed by atoms with Crippen molar-refractivity contribution in [3.8, 4) is 0 Å². The predicted molar refractivity (Wildman–Crippen MR) is 254 cm³/mol. The molecule has 4 amide bonds. The number of alkyl carbamates (subject to hydrolysis) is 2. The molecule has 8 rings (SSSR count). The van der Waals surface area contributed by atoms with Crippen LogP contribution in [0.5, 0.6) is 0 Å². The number of pyridine rings is 1. The van der Waals surface area contributed by atoms with E-state index < -0.39 is 24.3 Å². The minimum atomic E-state index is -0.791. The third-order valence-electron chi connectivity index (χ3n) is 13.5. The van der Waals surface area contributed by atoms with Crippen molar-refractivity contribution in [2.45, 2.75) is 116 Å². The number of unbranched alkanes of at least 4 members (excludes halogenated alkanes) is 1. The number of hydrogen-bond donors (Lipinski definition) is 4. The number of nitrogens with one attached hydrogen (secondary N) is 4. The lowest BCUT2D eigenvalue weighted by atomic mass is 10.0. The molecule has 3 aliphatic rings. The van der Waals surface area contributed by atoms with Gasteiger partial charge in [0.2, 0.25) is 11.9 Å². The van der Waals surface area contributed by atoms with E-state index in [0.717, 1.165) is 102 Å². The normalized spacial score (nSPS) is 19.5. The molecule has 0 radical (unpaired) electrons. The van der Waals surface area contributed by atoms with Crippen LogP contribution in [0.25, 0.3) is 22.1 Å². The van der Waals surface area contributed by atoms with Gasteiger partial charge in [-0.25, -0.2) is 24.5 Å². The van der Waals surface area contributed by atoms with E-state index >= 15 is 0 Å². The predicted octanol–water partition coefficient (Wildman–Crippen LogP) is 8.08. The summed E-state index contributed by atoms with van der Waals surface area (Å²) in [5, 5.41) is 5.47. The van der Waals surface area contributed by atoms with Crippen molar-refractivity contribution in [3.05, 3.63) is 71.7 Å². The summed E-state index contributed by atoms with van der Waals surface area (Å²) in [6.45, 7) is 12.7. The van der Waals surface area contributed by atoms with Crippen molar-refractivity contribution in [1.82, 2.24) is 40.5 Å². The number of H-pyrrole nitrogens is 2. The molecule has 0 bridgehead atoms. The van der Waals surface area contributed by atoms with Gasteiger partial charge in [0.05, 0.1) is 66.3 Å². The fourth-order valence-electron chi connectivity index (χ4n) is 9.95. The van der Waals surface area contributed by atoms with E-state index in [9.17, 15) is 19.2 Å². The van der Waals surface area contributed by atoms with Gasteiger partial charge < -0.3 is 44.8 Å². The molecule has 0 aliphatic carbocycles.